The van der Waals surface area contributed by atoms with Crippen molar-refractivity contribution in [1.82, 2.24) is 0 Å². The zero-order chi connectivity index (χ0) is 39.3. The average Bonchev–Trinajstić information content (AvgIpc) is 3.17. The van der Waals surface area contributed by atoms with Crippen LogP contribution in [-0.4, -0.2) is 37.9 Å². The largest absolute Gasteiger partial charge is 0.462 e. The first kappa shape index (κ1) is 52.4. The van der Waals surface area contributed by atoms with Crippen molar-refractivity contribution in [1.29, 1.82) is 0 Å². The van der Waals surface area contributed by atoms with Crippen LogP contribution in [0, 0.1) is 0 Å². The first-order valence-corrected chi connectivity index (χ1v) is 23.9. The minimum absolute atomic E-state index is 0.0831. The van der Waals surface area contributed by atoms with Crippen LogP contribution in [0.3, 0.4) is 0 Å². The van der Waals surface area contributed by atoms with Gasteiger partial charge in [0, 0.05) is 19.4 Å². The van der Waals surface area contributed by atoms with E-state index in [1.54, 1.807) is 0 Å². The SMILES string of the molecule is CCCCC/C=C\C/C=C\CCCCCCCC(=O)OCC(COCCCCCCCCCCCCCCCCCCCC)OC(=O)CCCCCCC. The molecule has 0 heterocycles. The maximum atomic E-state index is 12.5. The predicted molar refractivity (Wildman–Crippen MR) is 233 cm³/mol. The monoisotopic (exact) mass is 761 g/mol. The lowest BCUT2D eigenvalue weighted by atomic mass is 10.0. The van der Waals surface area contributed by atoms with E-state index in [2.05, 4.69) is 45.1 Å². The van der Waals surface area contributed by atoms with Crippen molar-refractivity contribution in [2.24, 2.45) is 0 Å². The quantitative estimate of drug-likeness (QED) is 0.0352. The van der Waals surface area contributed by atoms with Crippen LogP contribution < -0.4 is 0 Å². The highest BCUT2D eigenvalue weighted by Crippen LogP contribution is 2.15. The summed E-state index contributed by atoms with van der Waals surface area (Å²) in [7, 11) is 0. The summed E-state index contributed by atoms with van der Waals surface area (Å²) in [5, 5.41) is 0. The van der Waals surface area contributed by atoms with E-state index in [4.69, 9.17) is 14.2 Å². The van der Waals surface area contributed by atoms with Crippen molar-refractivity contribution in [3.8, 4) is 0 Å². The molecule has 0 rings (SSSR count). The fourth-order valence-corrected chi connectivity index (χ4v) is 6.89. The zero-order valence-electron chi connectivity index (χ0n) is 36.5. The van der Waals surface area contributed by atoms with Crippen LogP contribution in [0.5, 0.6) is 0 Å². The fraction of sp³-hybridized carbons (Fsp3) is 0.878. The molecule has 0 bridgehead atoms. The number of esters is 2. The van der Waals surface area contributed by atoms with Crippen molar-refractivity contribution < 1.29 is 23.8 Å². The molecule has 54 heavy (non-hydrogen) atoms. The highest BCUT2D eigenvalue weighted by atomic mass is 16.6. The molecule has 0 saturated carbocycles. The van der Waals surface area contributed by atoms with Crippen molar-refractivity contribution in [3.63, 3.8) is 0 Å². The smallest absolute Gasteiger partial charge is 0.306 e. The molecule has 0 spiro atoms. The van der Waals surface area contributed by atoms with Gasteiger partial charge in [-0.3, -0.25) is 9.59 Å². The standard InChI is InChI=1S/C49H92O5/c1-4-7-10-13-15-17-19-21-23-24-25-27-29-31-33-35-38-41-44-52-45-47(54-49(51)43-40-36-12-9-6-3)46-53-48(50)42-39-37-34-32-30-28-26-22-20-18-16-14-11-8-5-2/h16,18,22,26,47H,4-15,17,19-21,23-25,27-46H2,1-3H3/b18-16-,26-22-. The third kappa shape index (κ3) is 43.1. The maximum absolute atomic E-state index is 12.5. The molecule has 0 amide bonds. The van der Waals surface area contributed by atoms with Crippen molar-refractivity contribution in [2.45, 2.75) is 258 Å². The Bertz CT molecular complexity index is 821. The number of hydrogen-bond acceptors (Lipinski definition) is 5. The molecule has 1 atom stereocenters. The van der Waals surface area contributed by atoms with Gasteiger partial charge in [-0.2, -0.15) is 0 Å². The number of hydrogen-bond donors (Lipinski definition) is 0. The van der Waals surface area contributed by atoms with Crippen molar-refractivity contribution in [3.05, 3.63) is 24.3 Å². The second-order valence-electron chi connectivity index (χ2n) is 16.0. The Morgan fingerprint density at radius 3 is 1.26 bits per heavy atom. The third-order valence-corrected chi connectivity index (χ3v) is 10.5. The summed E-state index contributed by atoms with van der Waals surface area (Å²) < 4.78 is 17.2. The molecule has 0 aromatic rings. The van der Waals surface area contributed by atoms with Crippen LogP contribution >= 0.6 is 0 Å². The van der Waals surface area contributed by atoms with Crippen LogP contribution in [0.25, 0.3) is 0 Å². The molecule has 0 aliphatic carbocycles. The lowest BCUT2D eigenvalue weighted by Gasteiger charge is -2.18. The van der Waals surface area contributed by atoms with Gasteiger partial charge in [-0.15, -0.1) is 0 Å². The summed E-state index contributed by atoms with van der Waals surface area (Å²) in [5.74, 6) is -0.414. The van der Waals surface area contributed by atoms with Gasteiger partial charge in [0.15, 0.2) is 6.10 Å². The Morgan fingerprint density at radius 2 is 0.778 bits per heavy atom. The van der Waals surface area contributed by atoms with Gasteiger partial charge in [-0.05, 0) is 51.4 Å². The molecule has 0 aromatic heterocycles. The van der Waals surface area contributed by atoms with E-state index < -0.39 is 6.10 Å². The second-order valence-corrected chi connectivity index (χ2v) is 16.0. The Kier molecular flexibility index (Phi) is 44.4. The molecule has 5 nitrogen and oxygen atoms in total. The topological polar surface area (TPSA) is 61.8 Å². The summed E-state index contributed by atoms with van der Waals surface area (Å²) >= 11 is 0. The molecule has 0 aliphatic heterocycles. The molecule has 5 heteroatoms. The van der Waals surface area contributed by atoms with E-state index in [0.29, 0.717) is 19.4 Å². The van der Waals surface area contributed by atoms with E-state index in [1.165, 1.54) is 161 Å². The fourth-order valence-electron chi connectivity index (χ4n) is 6.89. The van der Waals surface area contributed by atoms with Gasteiger partial charge < -0.3 is 14.2 Å². The number of carbonyl (C=O) groups is 2. The number of rotatable bonds is 44. The Morgan fingerprint density at radius 1 is 0.407 bits per heavy atom. The normalized spacial score (nSPS) is 12.3. The minimum atomic E-state index is -0.530. The highest BCUT2D eigenvalue weighted by Gasteiger charge is 2.17. The van der Waals surface area contributed by atoms with E-state index in [1.807, 2.05) is 0 Å². The lowest BCUT2D eigenvalue weighted by Crippen LogP contribution is -2.30. The van der Waals surface area contributed by atoms with Gasteiger partial charge >= 0.3 is 11.9 Å². The van der Waals surface area contributed by atoms with Gasteiger partial charge in [0.05, 0.1) is 6.61 Å². The molecule has 0 fully saturated rings. The van der Waals surface area contributed by atoms with Crippen LogP contribution in [-0.2, 0) is 23.8 Å². The number of ether oxygens (including phenoxy) is 3. The Balaban J connectivity index is 4.01. The van der Waals surface area contributed by atoms with Crippen LogP contribution in [0.2, 0.25) is 0 Å². The van der Waals surface area contributed by atoms with Crippen LogP contribution in [0.15, 0.2) is 24.3 Å². The number of unbranched alkanes of at least 4 members (excludes halogenated alkanes) is 29. The highest BCUT2D eigenvalue weighted by molar-refractivity contribution is 5.70. The summed E-state index contributed by atoms with van der Waals surface area (Å²) in [5.41, 5.74) is 0. The maximum Gasteiger partial charge on any atom is 0.306 e. The summed E-state index contributed by atoms with van der Waals surface area (Å²) in [4.78, 5) is 25.0. The lowest BCUT2D eigenvalue weighted by molar-refractivity contribution is -0.163. The molecule has 0 aliphatic rings. The second kappa shape index (κ2) is 45.8. The first-order valence-electron chi connectivity index (χ1n) is 23.9. The Hall–Kier alpha value is -1.62. The summed E-state index contributed by atoms with van der Waals surface area (Å²) in [6, 6.07) is 0. The van der Waals surface area contributed by atoms with E-state index in [9.17, 15) is 9.59 Å². The molecule has 0 radical (unpaired) electrons. The first-order chi connectivity index (χ1) is 26.6. The van der Waals surface area contributed by atoms with Gasteiger partial charge in [0.1, 0.15) is 6.61 Å². The zero-order valence-corrected chi connectivity index (χ0v) is 36.5. The molecule has 0 N–H and O–H groups in total. The van der Waals surface area contributed by atoms with Gasteiger partial charge in [0.25, 0.3) is 0 Å². The van der Waals surface area contributed by atoms with Gasteiger partial charge in [0.2, 0.25) is 0 Å². The van der Waals surface area contributed by atoms with Crippen molar-refractivity contribution >= 4 is 11.9 Å². The van der Waals surface area contributed by atoms with E-state index >= 15 is 0 Å². The van der Waals surface area contributed by atoms with Gasteiger partial charge in [-0.25, -0.2) is 0 Å². The van der Waals surface area contributed by atoms with E-state index in [0.717, 1.165) is 57.8 Å². The number of allylic oxidation sites excluding steroid dienone is 4. The third-order valence-electron chi connectivity index (χ3n) is 10.5. The average molecular weight is 761 g/mol. The van der Waals surface area contributed by atoms with Crippen molar-refractivity contribution in [2.75, 3.05) is 19.8 Å². The van der Waals surface area contributed by atoms with E-state index in [-0.39, 0.29) is 25.2 Å². The molecular formula is C49H92O5. The predicted octanol–water partition coefficient (Wildman–Crippen LogP) is 15.7. The molecule has 318 valence electrons. The molecule has 1 unspecified atom stereocenters. The molecule has 0 aromatic carbocycles. The Labute approximate surface area is 337 Å². The van der Waals surface area contributed by atoms with Gasteiger partial charge in [-0.1, -0.05) is 212 Å². The summed E-state index contributed by atoms with van der Waals surface area (Å²) in [6.45, 7) is 7.75. The molecule has 0 saturated heterocycles. The van der Waals surface area contributed by atoms with Crippen LogP contribution in [0.4, 0.5) is 0 Å². The molecular weight excluding hydrogens is 669 g/mol. The number of carbonyl (C=O) groups excluding carboxylic acids is 2. The summed E-state index contributed by atoms with van der Waals surface area (Å²) in [6.07, 6.45) is 52.1. The minimum Gasteiger partial charge on any atom is -0.462 e. The van der Waals surface area contributed by atoms with Crippen LogP contribution in [0.1, 0.15) is 252 Å².